The van der Waals surface area contributed by atoms with E-state index in [0.717, 1.165) is 14.2 Å². The Kier molecular flexibility index (Phi) is 5.55. The summed E-state index contributed by atoms with van der Waals surface area (Å²) >= 11 is 0. The van der Waals surface area contributed by atoms with Gasteiger partial charge in [-0.2, -0.15) is 12.7 Å². The highest BCUT2D eigenvalue weighted by Gasteiger charge is 2.22. The second kappa shape index (κ2) is 6.76. The molecule has 0 unspecified atom stereocenters. The van der Waals surface area contributed by atoms with Crippen LogP contribution in [0.2, 0.25) is 0 Å². The van der Waals surface area contributed by atoms with Crippen LogP contribution in [-0.2, 0) is 19.7 Å². The van der Waals surface area contributed by atoms with Crippen LogP contribution >= 0.6 is 0 Å². The molecule has 0 atom stereocenters. The molecule has 0 radical (unpaired) electrons. The number of rotatable bonds is 6. The molecule has 0 saturated carbocycles. The summed E-state index contributed by atoms with van der Waals surface area (Å²) in [5.41, 5.74) is -0.864. The van der Waals surface area contributed by atoms with Crippen LogP contribution < -0.4 is 4.72 Å². The molecule has 1 aromatic rings. The number of hydrogen-bond donors (Lipinski definition) is 1. The lowest BCUT2D eigenvalue weighted by molar-refractivity contribution is -0.140. The Morgan fingerprint density at radius 3 is 2.52 bits per heavy atom. The number of carbonyl (C=O) groups excluding carboxylic acids is 1. The Labute approximate surface area is 119 Å². The molecular formula is C11H13F3N2O4S. The minimum absolute atomic E-state index is 0.228. The first kappa shape index (κ1) is 17.2. The minimum atomic E-state index is -4.27. The van der Waals surface area contributed by atoms with E-state index in [9.17, 15) is 26.4 Å². The third-order valence-electron chi connectivity index (χ3n) is 2.50. The Morgan fingerprint density at radius 1 is 1.33 bits per heavy atom. The average molecular weight is 326 g/mol. The third kappa shape index (κ3) is 4.60. The molecule has 0 aliphatic heterocycles. The summed E-state index contributed by atoms with van der Waals surface area (Å²) < 4.78 is 69.7. The standard InChI is InChI=1S/C11H13F3N2O4S/c1-16(4-3-10(17)20-2)21(18,19)15-9-6-7(12)5-8(13)11(9)14/h5-6,15H,3-4H2,1-2H3. The van der Waals surface area contributed by atoms with E-state index in [0.29, 0.717) is 10.4 Å². The van der Waals surface area contributed by atoms with Crippen molar-refractivity contribution in [3.63, 3.8) is 0 Å². The molecule has 0 bridgehead atoms. The lowest BCUT2D eigenvalue weighted by atomic mass is 10.3. The van der Waals surface area contributed by atoms with Crippen molar-refractivity contribution in [1.82, 2.24) is 4.31 Å². The minimum Gasteiger partial charge on any atom is -0.469 e. The van der Waals surface area contributed by atoms with Crippen molar-refractivity contribution in [2.24, 2.45) is 0 Å². The predicted octanol–water partition coefficient (Wildman–Crippen LogP) is 1.26. The number of nitrogens with one attached hydrogen (secondary N) is 1. The molecule has 118 valence electrons. The third-order valence-corrected chi connectivity index (χ3v) is 3.98. The van der Waals surface area contributed by atoms with Gasteiger partial charge in [0, 0.05) is 25.7 Å². The molecule has 10 heteroatoms. The summed E-state index contributed by atoms with van der Waals surface area (Å²) in [6.07, 6.45) is -0.228. The molecule has 21 heavy (non-hydrogen) atoms. The van der Waals surface area contributed by atoms with Gasteiger partial charge in [0.1, 0.15) is 5.82 Å². The van der Waals surface area contributed by atoms with Crippen molar-refractivity contribution in [1.29, 1.82) is 0 Å². The normalized spacial score (nSPS) is 11.5. The fourth-order valence-electron chi connectivity index (χ4n) is 1.32. The van der Waals surface area contributed by atoms with E-state index in [4.69, 9.17) is 0 Å². The van der Waals surface area contributed by atoms with Gasteiger partial charge in [0.25, 0.3) is 0 Å². The van der Waals surface area contributed by atoms with Gasteiger partial charge in [0.2, 0.25) is 0 Å². The topological polar surface area (TPSA) is 75.7 Å². The average Bonchev–Trinajstić information content (AvgIpc) is 2.40. The molecule has 0 aliphatic carbocycles. The maximum Gasteiger partial charge on any atom is 0.306 e. The molecule has 0 spiro atoms. The van der Waals surface area contributed by atoms with Gasteiger partial charge in [0.05, 0.1) is 19.2 Å². The first-order valence-corrected chi connectivity index (χ1v) is 7.07. The van der Waals surface area contributed by atoms with Crippen LogP contribution in [0.3, 0.4) is 0 Å². The highest BCUT2D eigenvalue weighted by atomic mass is 32.2. The fourth-order valence-corrected chi connectivity index (χ4v) is 2.23. The molecule has 6 nitrogen and oxygen atoms in total. The largest absolute Gasteiger partial charge is 0.469 e. The van der Waals surface area contributed by atoms with Crippen LogP contribution in [0.25, 0.3) is 0 Å². The quantitative estimate of drug-likeness (QED) is 0.631. The van der Waals surface area contributed by atoms with Gasteiger partial charge in [-0.1, -0.05) is 0 Å². The second-order valence-electron chi connectivity index (χ2n) is 4.00. The number of methoxy groups -OCH3 is 1. The summed E-state index contributed by atoms with van der Waals surface area (Å²) in [4.78, 5) is 10.9. The highest BCUT2D eigenvalue weighted by Crippen LogP contribution is 2.20. The zero-order valence-electron chi connectivity index (χ0n) is 11.2. The summed E-state index contributed by atoms with van der Waals surface area (Å²) in [5.74, 6) is -4.82. The molecule has 0 aromatic heterocycles. The molecule has 0 saturated heterocycles. The lowest BCUT2D eigenvalue weighted by Crippen LogP contribution is -2.34. The second-order valence-corrected chi connectivity index (χ2v) is 5.78. The van der Waals surface area contributed by atoms with Gasteiger partial charge in [-0.15, -0.1) is 0 Å². The molecule has 1 aromatic carbocycles. The van der Waals surface area contributed by atoms with Crippen LogP contribution in [0.1, 0.15) is 6.42 Å². The van der Waals surface area contributed by atoms with Crippen LogP contribution in [-0.4, -0.2) is 39.4 Å². The van der Waals surface area contributed by atoms with Crippen LogP contribution in [0, 0.1) is 17.5 Å². The van der Waals surface area contributed by atoms with Crippen molar-refractivity contribution in [3.05, 3.63) is 29.6 Å². The zero-order valence-corrected chi connectivity index (χ0v) is 12.0. The summed E-state index contributed by atoms with van der Waals surface area (Å²) in [5, 5.41) is 0. The molecule has 1 rings (SSSR count). The number of hydrogen-bond acceptors (Lipinski definition) is 4. The Morgan fingerprint density at radius 2 is 1.95 bits per heavy atom. The first-order chi connectivity index (χ1) is 9.67. The van der Waals surface area contributed by atoms with E-state index in [1.807, 2.05) is 0 Å². The molecular weight excluding hydrogens is 313 g/mol. The Bertz CT molecular complexity index is 637. The predicted molar refractivity (Wildman–Crippen MR) is 68.1 cm³/mol. The Balaban J connectivity index is 2.88. The van der Waals surface area contributed by atoms with E-state index in [1.165, 1.54) is 0 Å². The number of nitrogens with zero attached hydrogens (tertiary/aromatic N) is 1. The molecule has 1 N–H and O–H groups in total. The van der Waals surface area contributed by atoms with Crippen LogP contribution in [0.15, 0.2) is 12.1 Å². The number of ether oxygens (including phenoxy) is 1. The van der Waals surface area contributed by atoms with E-state index in [-0.39, 0.29) is 19.0 Å². The van der Waals surface area contributed by atoms with Crippen molar-refractivity contribution in [3.8, 4) is 0 Å². The molecule has 0 heterocycles. The monoisotopic (exact) mass is 326 g/mol. The van der Waals surface area contributed by atoms with E-state index >= 15 is 0 Å². The summed E-state index contributed by atoms with van der Waals surface area (Å²) in [6, 6.07) is 0.790. The SMILES string of the molecule is COC(=O)CCN(C)S(=O)(=O)Nc1cc(F)cc(F)c1F. The molecule has 0 fully saturated rings. The van der Waals surface area contributed by atoms with Crippen LogP contribution in [0.4, 0.5) is 18.9 Å². The maximum absolute atomic E-state index is 13.4. The van der Waals surface area contributed by atoms with E-state index < -0.39 is 39.3 Å². The molecule has 0 aliphatic rings. The van der Waals surface area contributed by atoms with Crippen LogP contribution in [0.5, 0.6) is 0 Å². The van der Waals surface area contributed by atoms with Crippen molar-refractivity contribution in [2.45, 2.75) is 6.42 Å². The van der Waals surface area contributed by atoms with Gasteiger partial charge in [0.15, 0.2) is 11.6 Å². The smallest absolute Gasteiger partial charge is 0.306 e. The van der Waals surface area contributed by atoms with E-state index in [2.05, 4.69) is 4.74 Å². The highest BCUT2D eigenvalue weighted by molar-refractivity contribution is 7.90. The number of anilines is 1. The number of carbonyl (C=O) groups is 1. The summed E-state index contributed by atoms with van der Waals surface area (Å²) in [6.45, 7) is -0.249. The maximum atomic E-state index is 13.4. The molecule has 0 amide bonds. The van der Waals surface area contributed by atoms with E-state index in [1.54, 1.807) is 4.72 Å². The lowest BCUT2D eigenvalue weighted by Gasteiger charge is -2.18. The van der Waals surface area contributed by atoms with Gasteiger partial charge < -0.3 is 4.74 Å². The fraction of sp³-hybridized carbons (Fsp3) is 0.364. The number of benzene rings is 1. The number of halogens is 3. The van der Waals surface area contributed by atoms with Crippen molar-refractivity contribution in [2.75, 3.05) is 25.4 Å². The van der Waals surface area contributed by atoms with Gasteiger partial charge in [-0.3, -0.25) is 9.52 Å². The van der Waals surface area contributed by atoms with Crippen molar-refractivity contribution < 1.29 is 31.1 Å². The van der Waals surface area contributed by atoms with Gasteiger partial charge in [-0.05, 0) is 0 Å². The first-order valence-electron chi connectivity index (χ1n) is 5.63. The van der Waals surface area contributed by atoms with Gasteiger partial charge in [-0.25, -0.2) is 13.2 Å². The summed E-state index contributed by atoms with van der Waals surface area (Å²) in [7, 11) is -2.02. The van der Waals surface area contributed by atoms with Crippen molar-refractivity contribution >= 4 is 21.9 Å². The van der Waals surface area contributed by atoms with Gasteiger partial charge >= 0.3 is 16.2 Å². The zero-order chi connectivity index (χ0) is 16.2. The Hall–Kier alpha value is -1.81. The number of esters is 1.